The molecular weight excluding hydrogens is 148 g/mol. The quantitative estimate of drug-likeness (QED) is 0.566. The first-order valence-electron chi connectivity index (χ1n) is 4.40. The molecule has 0 atom stereocenters. The van der Waals surface area contributed by atoms with Gasteiger partial charge in [0.2, 0.25) is 0 Å². The summed E-state index contributed by atoms with van der Waals surface area (Å²) in [4.78, 5) is 11.1. The molecule has 62 valence electrons. The van der Waals surface area contributed by atoms with Crippen LogP contribution in [0, 0.1) is 6.92 Å². The van der Waals surface area contributed by atoms with Crippen molar-refractivity contribution in [1.82, 2.24) is 0 Å². The van der Waals surface area contributed by atoms with E-state index in [-0.39, 0.29) is 5.43 Å². The molecule has 0 saturated carbocycles. The van der Waals surface area contributed by atoms with Gasteiger partial charge in [0.25, 0.3) is 0 Å². The van der Waals surface area contributed by atoms with E-state index in [0.29, 0.717) is 0 Å². The summed E-state index contributed by atoms with van der Waals surface area (Å²) < 4.78 is 0. The highest BCUT2D eigenvalue weighted by molar-refractivity contribution is 5.36. The minimum atomic E-state index is 0.127. The summed E-state index contributed by atoms with van der Waals surface area (Å²) in [6.07, 6.45) is 3.54. The second-order valence-corrected chi connectivity index (χ2v) is 3.42. The van der Waals surface area contributed by atoms with E-state index in [1.807, 2.05) is 13.0 Å². The van der Waals surface area contributed by atoms with Gasteiger partial charge in [0.15, 0.2) is 5.43 Å². The Kier molecular flexibility index (Phi) is 1.72. The van der Waals surface area contributed by atoms with Gasteiger partial charge in [-0.3, -0.25) is 4.79 Å². The maximum Gasteiger partial charge on any atom is 0.178 e. The molecule has 0 fully saturated rings. The first kappa shape index (κ1) is 7.53. The molecule has 0 amide bonds. The summed E-state index contributed by atoms with van der Waals surface area (Å²) in [5.41, 5.74) is 4.06. The lowest BCUT2D eigenvalue weighted by Gasteiger charge is -1.94. The monoisotopic (exact) mass is 160 g/mol. The lowest BCUT2D eigenvalue weighted by Crippen LogP contribution is -1.91. The zero-order valence-electron chi connectivity index (χ0n) is 7.26. The fourth-order valence-corrected chi connectivity index (χ4v) is 1.93. The van der Waals surface area contributed by atoms with Gasteiger partial charge < -0.3 is 0 Å². The van der Waals surface area contributed by atoms with Gasteiger partial charge in [-0.15, -0.1) is 0 Å². The third-order valence-electron chi connectivity index (χ3n) is 2.54. The summed E-state index contributed by atoms with van der Waals surface area (Å²) in [6.45, 7) is 2.03. The normalized spacial score (nSPS) is 14.4. The summed E-state index contributed by atoms with van der Waals surface area (Å²) in [7, 11) is 0. The Morgan fingerprint density at radius 3 is 2.92 bits per heavy atom. The van der Waals surface area contributed by atoms with Gasteiger partial charge in [-0.05, 0) is 55.0 Å². The predicted octanol–water partition coefficient (Wildman–Crippen LogP) is 1.84. The molecule has 2 rings (SSSR count). The van der Waals surface area contributed by atoms with Gasteiger partial charge in [0.1, 0.15) is 0 Å². The molecule has 0 aromatic heterocycles. The first-order chi connectivity index (χ1) is 5.77. The lowest BCUT2D eigenvalue weighted by molar-refractivity contribution is 0.907. The second kappa shape index (κ2) is 2.74. The molecule has 0 spiro atoms. The van der Waals surface area contributed by atoms with Crippen LogP contribution < -0.4 is 5.43 Å². The molecule has 1 nitrogen and oxygen atoms in total. The fourth-order valence-electron chi connectivity index (χ4n) is 1.93. The number of hydrogen-bond acceptors (Lipinski definition) is 1. The van der Waals surface area contributed by atoms with Crippen molar-refractivity contribution in [2.45, 2.75) is 26.2 Å². The van der Waals surface area contributed by atoms with Gasteiger partial charge in [0.05, 0.1) is 0 Å². The average molecular weight is 160 g/mol. The highest BCUT2D eigenvalue weighted by atomic mass is 16.1. The first-order valence-corrected chi connectivity index (χ1v) is 4.40. The molecule has 0 radical (unpaired) electrons. The summed E-state index contributed by atoms with van der Waals surface area (Å²) >= 11 is 0. The van der Waals surface area contributed by atoms with Gasteiger partial charge in [-0.2, -0.15) is 0 Å². The molecule has 1 aliphatic carbocycles. The minimum absolute atomic E-state index is 0.127. The standard InChI is InChI=1S/C11H12O/c1-8-7-10(12)6-5-9-3-2-4-11(8)9/h5-7H,2-4H2,1H3. The molecule has 0 heterocycles. The molecule has 12 heavy (non-hydrogen) atoms. The van der Waals surface area contributed by atoms with Crippen LogP contribution in [0.2, 0.25) is 0 Å². The van der Waals surface area contributed by atoms with E-state index in [2.05, 4.69) is 0 Å². The Hall–Kier alpha value is -1.11. The van der Waals surface area contributed by atoms with Crippen LogP contribution >= 0.6 is 0 Å². The van der Waals surface area contributed by atoms with Crippen molar-refractivity contribution in [3.05, 3.63) is 45.1 Å². The van der Waals surface area contributed by atoms with Crippen LogP contribution in [-0.4, -0.2) is 0 Å². The molecular formula is C11H12O. The summed E-state index contributed by atoms with van der Waals surface area (Å²) in [5, 5.41) is 0. The van der Waals surface area contributed by atoms with E-state index in [1.54, 1.807) is 12.1 Å². The Bertz CT molecular complexity index is 366. The van der Waals surface area contributed by atoms with Crippen molar-refractivity contribution in [3.63, 3.8) is 0 Å². The van der Waals surface area contributed by atoms with Crippen LogP contribution in [0.3, 0.4) is 0 Å². The smallest absolute Gasteiger partial charge is 0.178 e. The second-order valence-electron chi connectivity index (χ2n) is 3.42. The average Bonchev–Trinajstić information content (AvgIpc) is 2.43. The zero-order chi connectivity index (χ0) is 8.55. The van der Waals surface area contributed by atoms with Crippen LogP contribution in [0.25, 0.3) is 0 Å². The van der Waals surface area contributed by atoms with Crippen LogP contribution in [0.1, 0.15) is 23.1 Å². The fraction of sp³-hybridized carbons (Fsp3) is 0.364. The van der Waals surface area contributed by atoms with Gasteiger partial charge in [-0.25, -0.2) is 0 Å². The maximum absolute atomic E-state index is 11.1. The third kappa shape index (κ3) is 1.15. The van der Waals surface area contributed by atoms with E-state index in [4.69, 9.17) is 0 Å². The van der Waals surface area contributed by atoms with Crippen LogP contribution in [0.15, 0.2) is 23.0 Å². The zero-order valence-corrected chi connectivity index (χ0v) is 7.26. The highest BCUT2D eigenvalue weighted by Gasteiger charge is 2.10. The van der Waals surface area contributed by atoms with Gasteiger partial charge >= 0.3 is 0 Å². The van der Waals surface area contributed by atoms with Crippen molar-refractivity contribution in [3.8, 4) is 0 Å². The summed E-state index contributed by atoms with van der Waals surface area (Å²) in [5.74, 6) is 0. The molecule has 0 aliphatic heterocycles. The lowest BCUT2D eigenvalue weighted by atomic mass is 10.1. The molecule has 0 unspecified atom stereocenters. The van der Waals surface area contributed by atoms with Crippen molar-refractivity contribution < 1.29 is 0 Å². The SMILES string of the molecule is Cc1cc(=O)ccc2c1CCC2. The summed E-state index contributed by atoms with van der Waals surface area (Å²) in [6, 6.07) is 5.40. The number of rotatable bonds is 0. The van der Waals surface area contributed by atoms with Crippen molar-refractivity contribution in [2.75, 3.05) is 0 Å². The minimum Gasteiger partial charge on any atom is -0.290 e. The molecule has 0 saturated heterocycles. The molecule has 0 bridgehead atoms. The van der Waals surface area contributed by atoms with Gasteiger partial charge in [-0.1, -0.05) is 6.07 Å². The number of hydrogen-bond donors (Lipinski definition) is 0. The van der Waals surface area contributed by atoms with E-state index in [0.717, 1.165) is 18.4 Å². The Labute approximate surface area is 72.1 Å². The molecule has 1 aromatic rings. The molecule has 1 heteroatoms. The largest absolute Gasteiger partial charge is 0.290 e. The molecule has 1 aromatic carbocycles. The molecule has 0 N–H and O–H groups in total. The Balaban J connectivity index is 2.74. The Morgan fingerprint density at radius 1 is 1.25 bits per heavy atom. The van der Waals surface area contributed by atoms with Crippen LogP contribution in [0.4, 0.5) is 0 Å². The van der Waals surface area contributed by atoms with Gasteiger partial charge in [0, 0.05) is 0 Å². The van der Waals surface area contributed by atoms with E-state index in [9.17, 15) is 4.79 Å². The van der Waals surface area contributed by atoms with Crippen molar-refractivity contribution in [1.29, 1.82) is 0 Å². The molecule has 1 aliphatic rings. The van der Waals surface area contributed by atoms with Crippen LogP contribution in [-0.2, 0) is 12.8 Å². The topological polar surface area (TPSA) is 17.1 Å². The number of aryl methyl sites for hydroxylation is 2. The maximum atomic E-state index is 11.1. The van der Waals surface area contributed by atoms with E-state index in [1.165, 1.54) is 17.5 Å². The Morgan fingerprint density at radius 2 is 2.08 bits per heavy atom. The van der Waals surface area contributed by atoms with E-state index < -0.39 is 0 Å². The predicted molar refractivity (Wildman–Crippen MR) is 49.5 cm³/mol. The van der Waals surface area contributed by atoms with Crippen LogP contribution in [0.5, 0.6) is 0 Å². The van der Waals surface area contributed by atoms with Crippen molar-refractivity contribution >= 4 is 0 Å². The third-order valence-corrected chi connectivity index (χ3v) is 2.54. The number of fused-ring (bicyclic) bond motifs is 1. The highest BCUT2D eigenvalue weighted by Crippen LogP contribution is 2.22. The van der Waals surface area contributed by atoms with E-state index >= 15 is 0 Å². The van der Waals surface area contributed by atoms with Crippen molar-refractivity contribution in [2.24, 2.45) is 0 Å².